The molecule has 8 nitrogen and oxygen atoms in total. The van der Waals surface area contributed by atoms with E-state index in [1.165, 1.54) is 0 Å². The topological polar surface area (TPSA) is 95.9 Å². The fraction of sp³-hybridized carbons (Fsp3) is 0.296. The summed E-state index contributed by atoms with van der Waals surface area (Å²) in [5.74, 6) is 1.28. The zero-order valence-corrected chi connectivity index (χ0v) is 21.8. The van der Waals surface area contributed by atoms with Gasteiger partial charge in [-0.1, -0.05) is 67.6 Å². The summed E-state index contributed by atoms with van der Waals surface area (Å²) in [5, 5.41) is 16.8. The van der Waals surface area contributed by atoms with Gasteiger partial charge in [-0.05, 0) is 32.1 Å². The standard InChI is InChI=1S/C27H31N7OS/c1-18(2)16-24-32-33-27(36-24)20-12-8-9-13-21(20)30-26(35)22-17-23(28-14-15-34(3)4)31-25(29-22)19-10-6-5-7-11-19/h5-13,17-18H,14-16H2,1-4H3,(H,30,35)(H,28,29,31). The molecule has 0 spiro atoms. The maximum atomic E-state index is 13.4. The highest BCUT2D eigenvalue weighted by molar-refractivity contribution is 7.14. The summed E-state index contributed by atoms with van der Waals surface area (Å²) in [6, 6.07) is 19.0. The van der Waals surface area contributed by atoms with Crippen LogP contribution in [0.15, 0.2) is 60.7 Å². The average Bonchev–Trinajstić information content (AvgIpc) is 3.32. The molecule has 0 aliphatic rings. The van der Waals surface area contributed by atoms with E-state index in [-0.39, 0.29) is 11.6 Å². The summed E-state index contributed by atoms with van der Waals surface area (Å²) in [7, 11) is 4.02. The molecule has 0 unspecified atom stereocenters. The van der Waals surface area contributed by atoms with Gasteiger partial charge in [-0.3, -0.25) is 4.79 Å². The van der Waals surface area contributed by atoms with E-state index in [4.69, 9.17) is 0 Å². The van der Waals surface area contributed by atoms with Crippen molar-refractivity contribution < 1.29 is 4.79 Å². The van der Waals surface area contributed by atoms with Crippen LogP contribution in [-0.2, 0) is 6.42 Å². The Morgan fingerprint density at radius 1 is 1.00 bits per heavy atom. The van der Waals surface area contributed by atoms with Crippen molar-refractivity contribution in [2.45, 2.75) is 20.3 Å². The number of rotatable bonds is 10. The zero-order chi connectivity index (χ0) is 25.5. The van der Waals surface area contributed by atoms with Crippen molar-refractivity contribution in [1.82, 2.24) is 25.1 Å². The van der Waals surface area contributed by atoms with Crippen molar-refractivity contribution >= 4 is 28.7 Å². The highest BCUT2D eigenvalue weighted by Crippen LogP contribution is 2.31. The molecule has 0 saturated heterocycles. The van der Waals surface area contributed by atoms with Crippen molar-refractivity contribution in [1.29, 1.82) is 0 Å². The van der Waals surface area contributed by atoms with Crippen molar-refractivity contribution in [3.05, 3.63) is 71.4 Å². The van der Waals surface area contributed by atoms with E-state index >= 15 is 0 Å². The number of hydrogen-bond donors (Lipinski definition) is 2. The average molecular weight is 502 g/mol. The number of hydrogen-bond acceptors (Lipinski definition) is 8. The van der Waals surface area contributed by atoms with Crippen LogP contribution in [0.5, 0.6) is 0 Å². The van der Waals surface area contributed by atoms with Gasteiger partial charge in [0.15, 0.2) is 5.82 Å². The Kier molecular flexibility index (Phi) is 8.35. The lowest BCUT2D eigenvalue weighted by Crippen LogP contribution is -2.22. The summed E-state index contributed by atoms with van der Waals surface area (Å²) < 4.78 is 0. The van der Waals surface area contributed by atoms with Crippen molar-refractivity contribution in [2.75, 3.05) is 37.8 Å². The number of nitrogens with zero attached hydrogens (tertiary/aromatic N) is 5. The molecule has 186 valence electrons. The fourth-order valence-electron chi connectivity index (χ4n) is 3.54. The van der Waals surface area contributed by atoms with Crippen molar-refractivity contribution in [3.8, 4) is 22.0 Å². The number of para-hydroxylation sites is 1. The fourth-order valence-corrected chi connectivity index (χ4v) is 4.63. The molecule has 36 heavy (non-hydrogen) atoms. The van der Waals surface area contributed by atoms with Crippen molar-refractivity contribution in [2.24, 2.45) is 5.92 Å². The molecule has 4 rings (SSSR count). The highest BCUT2D eigenvalue weighted by atomic mass is 32.1. The third-order valence-corrected chi connectivity index (χ3v) is 6.29. The molecule has 4 aromatic rings. The Morgan fingerprint density at radius 3 is 2.50 bits per heavy atom. The molecule has 2 aromatic carbocycles. The minimum absolute atomic E-state index is 0.281. The van der Waals surface area contributed by atoms with Gasteiger partial charge in [0.2, 0.25) is 0 Å². The monoisotopic (exact) mass is 501 g/mol. The predicted molar refractivity (Wildman–Crippen MR) is 146 cm³/mol. The van der Waals surface area contributed by atoms with Gasteiger partial charge in [-0.15, -0.1) is 10.2 Å². The number of nitrogens with one attached hydrogen (secondary N) is 2. The number of anilines is 2. The third kappa shape index (κ3) is 6.71. The van der Waals surface area contributed by atoms with Gasteiger partial charge >= 0.3 is 0 Å². The Labute approximate surface area is 215 Å². The Bertz CT molecular complexity index is 1300. The number of aromatic nitrogens is 4. The molecule has 0 aliphatic carbocycles. The maximum absolute atomic E-state index is 13.4. The third-order valence-electron chi connectivity index (χ3n) is 5.31. The van der Waals surface area contributed by atoms with Crippen LogP contribution < -0.4 is 10.6 Å². The van der Waals surface area contributed by atoms with Gasteiger partial charge in [-0.25, -0.2) is 9.97 Å². The van der Waals surface area contributed by atoms with Crippen LogP contribution in [0, 0.1) is 5.92 Å². The molecular weight excluding hydrogens is 470 g/mol. The molecule has 0 atom stereocenters. The summed E-state index contributed by atoms with van der Waals surface area (Å²) >= 11 is 1.55. The normalized spacial score (nSPS) is 11.2. The first kappa shape index (κ1) is 25.4. The van der Waals surface area contributed by atoms with E-state index in [1.807, 2.05) is 68.7 Å². The van der Waals surface area contributed by atoms with Crippen LogP contribution in [-0.4, -0.2) is 58.2 Å². The van der Waals surface area contributed by atoms with Crippen LogP contribution in [0.1, 0.15) is 29.3 Å². The second-order valence-electron chi connectivity index (χ2n) is 9.16. The van der Waals surface area contributed by atoms with Gasteiger partial charge < -0.3 is 15.5 Å². The van der Waals surface area contributed by atoms with E-state index in [2.05, 4.69) is 49.5 Å². The molecule has 0 radical (unpaired) electrons. The van der Waals surface area contributed by atoms with Gasteiger partial charge in [0.05, 0.1) is 5.69 Å². The smallest absolute Gasteiger partial charge is 0.274 e. The molecule has 2 N–H and O–H groups in total. The molecule has 0 aliphatic heterocycles. The lowest BCUT2D eigenvalue weighted by molar-refractivity contribution is 0.102. The summed E-state index contributed by atoms with van der Waals surface area (Å²) in [6.07, 6.45) is 0.874. The number of amides is 1. The zero-order valence-electron chi connectivity index (χ0n) is 21.0. The molecule has 0 fully saturated rings. The van der Waals surface area contributed by atoms with E-state index < -0.39 is 0 Å². The highest BCUT2D eigenvalue weighted by Gasteiger charge is 2.17. The second-order valence-corrected chi connectivity index (χ2v) is 10.2. The first-order chi connectivity index (χ1) is 17.4. The lowest BCUT2D eigenvalue weighted by Gasteiger charge is -2.13. The Hall–Kier alpha value is -3.69. The van der Waals surface area contributed by atoms with Crippen LogP contribution in [0.3, 0.4) is 0 Å². The van der Waals surface area contributed by atoms with E-state index in [9.17, 15) is 4.79 Å². The quantitative estimate of drug-likeness (QED) is 0.313. The largest absolute Gasteiger partial charge is 0.369 e. The van der Waals surface area contributed by atoms with Crippen LogP contribution in [0.4, 0.5) is 11.5 Å². The summed E-state index contributed by atoms with van der Waals surface area (Å²) in [5.41, 5.74) is 2.62. The molecule has 0 saturated carbocycles. The van der Waals surface area contributed by atoms with Gasteiger partial charge in [0.25, 0.3) is 5.91 Å². The number of likely N-dealkylation sites (N-methyl/N-ethyl adjacent to an activating group) is 1. The van der Waals surface area contributed by atoms with Gasteiger partial charge in [0.1, 0.15) is 21.5 Å². The first-order valence-corrected chi connectivity index (χ1v) is 12.8. The number of carbonyl (C=O) groups is 1. The molecular formula is C27H31N7OS. The maximum Gasteiger partial charge on any atom is 0.274 e. The van der Waals surface area contributed by atoms with E-state index in [0.717, 1.165) is 34.1 Å². The molecule has 1 amide bonds. The minimum Gasteiger partial charge on any atom is -0.369 e. The lowest BCUT2D eigenvalue weighted by atomic mass is 10.1. The SMILES string of the molecule is CC(C)Cc1nnc(-c2ccccc2NC(=O)c2cc(NCCN(C)C)nc(-c3ccccc3)n2)s1. The second kappa shape index (κ2) is 11.8. The molecule has 2 heterocycles. The van der Waals surface area contributed by atoms with Crippen molar-refractivity contribution in [3.63, 3.8) is 0 Å². The predicted octanol–water partition coefficient (Wildman–Crippen LogP) is 5.09. The molecule has 2 aromatic heterocycles. The first-order valence-electron chi connectivity index (χ1n) is 12.0. The summed E-state index contributed by atoms with van der Waals surface area (Å²) in [6.45, 7) is 5.84. The molecule has 9 heteroatoms. The minimum atomic E-state index is -0.315. The Morgan fingerprint density at radius 2 is 1.75 bits per heavy atom. The van der Waals surface area contributed by atoms with Gasteiger partial charge in [-0.2, -0.15) is 0 Å². The van der Waals surface area contributed by atoms with E-state index in [1.54, 1.807) is 17.4 Å². The van der Waals surface area contributed by atoms with Crippen LogP contribution >= 0.6 is 11.3 Å². The van der Waals surface area contributed by atoms with Crippen LogP contribution in [0.25, 0.3) is 22.0 Å². The van der Waals surface area contributed by atoms with Crippen LogP contribution in [0.2, 0.25) is 0 Å². The number of benzene rings is 2. The van der Waals surface area contributed by atoms with E-state index in [0.29, 0.717) is 29.8 Å². The Balaban J connectivity index is 1.62. The summed E-state index contributed by atoms with van der Waals surface area (Å²) in [4.78, 5) is 24.7. The number of carbonyl (C=O) groups excluding carboxylic acids is 1. The molecule has 0 bridgehead atoms. The van der Waals surface area contributed by atoms with Gasteiger partial charge in [0, 0.05) is 36.7 Å².